The fourth-order valence-electron chi connectivity index (χ4n) is 3.50. The molecule has 4 nitrogen and oxygen atoms in total. The SMILES string of the molecule is COCCC1(C(=O)NC2CCCNC2C)CCCC1. The summed E-state index contributed by atoms with van der Waals surface area (Å²) in [7, 11) is 1.72. The van der Waals surface area contributed by atoms with E-state index in [0.29, 0.717) is 18.7 Å². The molecular weight excluding hydrogens is 240 g/mol. The summed E-state index contributed by atoms with van der Waals surface area (Å²) >= 11 is 0. The number of carbonyl (C=O) groups is 1. The molecule has 1 aliphatic heterocycles. The van der Waals surface area contributed by atoms with Gasteiger partial charge in [0.15, 0.2) is 0 Å². The third kappa shape index (κ3) is 3.48. The Labute approximate surface area is 116 Å². The van der Waals surface area contributed by atoms with Crippen LogP contribution >= 0.6 is 0 Å². The summed E-state index contributed by atoms with van der Waals surface area (Å²) in [6.07, 6.45) is 7.52. The van der Waals surface area contributed by atoms with Gasteiger partial charge in [-0.25, -0.2) is 0 Å². The third-order valence-electron chi connectivity index (χ3n) is 4.91. The predicted molar refractivity (Wildman–Crippen MR) is 76.0 cm³/mol. The quantitative estimate of drug-likeness (QED) is 0.800. The van der Waals surface area contributed by atoms with Crippen molar-refractivity contribution in [2.24, 2.45) is 5.41 Å². The van der Waals surface area contributed by atoms with Gasteiger partial charge >= 0.3 is 0 Å². The van der Waals surface area contributed by atoms with Gasteiger partial charge in [0.2, 0.25) is 5.91 Å². The lowest BCUT2D eigenvalue weighted by molar-refractivity contribution is -0.133. The Kier molecular flexibility index (Phi) is 5.22. The Morgan fingerprint density at radius 1 is 1.37 bits per heavy atom. The number of carbonyl (C=O) groups excluding carboxylic acids is 1. The smallest absolute Gasteiger partial charge is 0.226 e. The van der Waals surface area contributed by atoms with E-state index in [0.717, 1.165) is 38.6 Å². The molecule has 0 aromatic rings. The average molecular weight is 268 g/mol. The van der Waals surface area contributed by atoms with Crippen LogP contribution in [0, 0.1) is 5.41 Å². The van der Waals surface area contributed by atoms with Crippen LogP contribution in [0.4, 0.5) is 0 Å². The molecule has 19 heavy (non-hydrogen) atoms. The van der Waals surface area contributed by atoms with E-state index in [4.69, 9.17) is 4.74 Å². The van der Waals surface area contributed by atoms with E-state index in [2.05, 4.69) is 17.6 Å². The van der Waals surface area contributed by atoms with E-state index < -0.39 is 0 Å². The molecule has 0 aromatic heterocycles. The molecule has 4 heteroatoms. The fraction of sp³-hybridized carbons (Fsp3) is 0.933. The molecule has 2 atom stereocenters. The maximum atomic E-state index is 12.7. The first kappa shape index (κ1) is 14.8. The highest BCUT2D eigenvalue weighted by atomic mass is 16.5. The van der Waals surface area contributed by atoms with Crippen LogP contribution < -0.4 is 10.6 Å². The number of rotatable bonds is 5. The van der Waals surface area contributed by atoms with Gasteiger partial charge in [-0.3, -0.25) is 4.79 Å². The summed E-state index contributed by atoms with van der Waals surface area (Å²) in [5, 5.41) is 6.75. The van der Waals surface area contributed by atoms with Crippen LogP contribution in [0.2, 0.25) is 0 Å². The largest absolute Gasteiger partial charge is 0.385 e. The first-order valence-electron chi connectivity index (χ1n) is 7.71. The first-order chi connectivity index (χ1) is 9.18. The molecule has 1 amide bonds. The summed E-state index contributed by atoms with van der Waals surface area (Å²) in [6.45, 7) is 3.93. The molecule has 1 saturated heterocycles. The lowest BCUT2D eigenvalue weighted by Crippen LogP contribution is -2.55. The van der Waals surface area contributed by atoms with Crippen LogP contribution in [0.15, 0.2) is 0 Å². The molecular formula is C15H28N2O2. The van der Waals surface area contributed by atoms with Crippen LogP contribution in [-0.2, 0) is 9.53 Å². The third-order valence-corrected chi connectivity index (χ3v) is 4.91. The van der Waals surface area contributed by atoms with Crippen molar-refractivity contribution in [3.63, 3.8) is 0 Å². The zero-order valence-electron chi connectivity index (χ0n) is 12.3. The normalized spacial score (nSPS) is 30.2. The number of piperidine rings is 1. The van der Waals surface area contributed by atoms with Gasteiger partial charge in [-0.2, -0.15) is 0 Å². The first-order valence-corrected chi connectivity index (χ1v) is 7.71. The summed E-state index contributed by atoms with van der Waals surface area (Å²) in [5.41, 5.74) is -0.160. The van der Waals surface area contributed by atoms with E-state index in [9.17, 15) is 4.79 Å². The molecule has 2 N–H and O–H groups in total. The second-order valence-electron chi connectivity index (χ2n) is 6.20. The maximum Gasteiger partial charge on any atom is 0.226 e. The van der Waals surface area contributed by atoms with Gasteiger partial charge in [0.25, 0.3) is 0 Å². The van der Waals surface area contributed by atoms with E-state index in [-0.39, 0.29) is 11.3 Å². The second-order valence-corrected chi connectivity index (χ2v) is 6.20. The Balaban J connectivity index is 1.95. The molecule has 2 fully saturated rings. The molecule has 2 rings (SSSR count). The minimum absolute atomic E-state index is 0.160. The summed E-state index contributed by atoms with van der Waals surface area (Å²) in [5.74, 6) is 0.266. The zero-order chi connectivity index (χ0) is 13.7. The van der Waals surface area contributed by atoms with Crippen molar-refractivity contribution >= 4 is 5.91 Å². The van der Waals surface area contributed by atoms with Crippen LogP contribution in [0.1, 0.15) is 51.9 Å². The number of ether oxygens (including phenoxy) is 1. The lowest BCUT2D eigenvalue weighted by Gasteiger charge is -2.35. The van der Waals surface area contributed by atoms with E-state index in [1.807, 2.05) is 0 Å². The van der Waals surface area contributed by atoms with E-state index in [1.165, 1.54) is 12.8 Å². The molecule has 0 bridgehead atoms. The molecule has 0 spiro atoms. The maximum absolute atomic E-state index is 12.7. The van der Waals surface area contributed by atoms with Crippen LogP contribution in [0.5, 0.6) is 0 Å². The number of nitrogens with one attached hydrogen (secondary N) is 2. The van der Waals surface area contributed by atoms with Gasteiger partial charge in [0, 0.05) is 25.8 Å². The van der Waals surface area contributed by atoms with Gasteiger partial charge in [-0.05, 0) is 45.6 Å². The van der Waals surface area contributed by atoms with Gasteiger partial charge in [-0.1, -0.05) is 12.8 Å². The van der Waals surface area contributed by atoms with Gasteiger partial charge in [0.05, 0.1) is 5.41 Å². The Bertz CT molecular complexity index is 301. The summed E-state index contributed by atoms with van der Waals surface area (Å²) in [6, 6.07) is 0.680. The van der Waals surface area contributed by atoms with E-state index >= 15 is 0 Å². The van der Waals surface area contributed by atoms with Crippen molar-refractivity contribution in [1.29, 1.82) is 0 Å². The molecule has 2 aliphatic rings. The van der Waals surface area contributed by atoms with Crippen molar-refractivity contribution < 1.29 is 9.53 Å². The Morgan fingerprint density at radius 3 is 2.74 bits per heavy atom. The molecule has 0 radical (unpaired) electrons. The number of hydrogen-bond acceptors (Lipinski definition) is 3. The van der Waals surface area contributed by atoms with Crippen LogP contribution in [-0.4, -0.2) is 38.3 Å². The fourth-order valence-corrected chi connectivity index (χ4v) is 3.50. The van der Waals surface area contributed by atoms with Crippen molar-refractivity contribution in [3.8, 4) is 0 Å². The van der Waals surface area contributed by atoms with Crippen molar-refractivity contribution in [1.82, 2.24) is 10.6 Å². The molecule has 0 aromatic carbocycles. The highest BCUT2D eigenvalue weighted by molar-refractivity contribution is 5.83. The number of amides is 1. The Hall–Kier alpha value is -0.610. The van der Waals surface area contributed by atoms with Crippen molar-refractivity contribution in [3.05, 3.63) is 0 Å². The minimum Gasteiger partial charge on any atom is -0.385 e. The van der Waals surface area contributed by atoms with Crippen LogP contribution in [0.3, 0.4) is 0 Å². The summed E-state index contributed by atoms with van der Waals surface area (Å²) < 4.78 is 5.20. The molecule has 1 heterocycles. The van der Waals surface area contributed by atoms with Crippen LogP contribution in [0.25, 0.3) is 0 Å². The van der Waals surface area contributed by atoms with E-state index in [1.54, 1.807) is 7.11 Å². The average Bonchev–Trinajstić information content (AvgIpc) is 2.89. The predicted octanol–water partition coefficient (Wildman–Crippen LogP) is 1.84. The number of methoxy groups -OCH3 is 1. The zero-order valence-corrected chi connectivity index (χ0v) is 12.3. The topological polar surface area (TPSA) is 50.4 Å². The molecule has 110 valence electrons. The molecule has 1 saturated carbocycles. The minimum atomic E-state index is -0.160. The van der Waals surface area contributed by atoms with Gasteiger partial charge in [0.1, 0.15) is 0 Å². The molecule has 2 unspecified atom stereocenters. The molecule has 1 aliphatic carbocycles. The van der Waals surface area contributed by atoms with Crippen molar-refractivity contribution in [2.45, 2.75) is 64.0 Å². The highest BCUT2D eigenvalue weighted by Crippen LogP contribution is 2.41. The summed E-state index contributed by atoms with van der Waals surface area (Å²) in [4.78, 5) is 12.7. The standard InChI is InChI=1S/C15H28N2O2/c1-12-13(6-5-10-16-12)17-14(18)15(9-11-19-2)7-3-4-8-15/h12-13,16H,3-11H2,1-2H3,(H,17,18). The lowest BCUT2D eigenvalue weighted by atomic mass is 9.81. The van der Waals surface area contributed by atoms with Crippen molar-refractivity contribution in [2.75, 3.05) is 20.3 Å². The monoisotopic (exact) mass is 268 g/mol. The number of hydrogen-bond donors (Lipinski definition) is 2. The highest BCUT2D eigenvalue weighted by Gasteiger charge is 2.41. The van der Waals surface area contributed by atoms with Gasteiger partial charge in [-0.15, -0.1) is 0 Å². The second kappa shape index (κ2) is 6.71. The van der Waals surface area contributed by atoms with Gasteiger partial charge < -0.3 is 15.4 Å². The Morgan fingerprint density at radius 2 is 2.11 bits per heavy atom.